The summed E-state index contributed by atoms with van der Waals surface area (Å²) >= 11 is 0. The minimum Gasteiger partial charge on any atom is -0.507 e. The number of carbonyl (C=O) groups is 2. The van der Waals surface area contributed by atoms with E-state index in [1.807, 2.05) is 73.7 Å². The maximum Gasteiger partial charge on any atom is 0.295 e. The molecule has 3 aromatic carbocycles. The Morgan fingerprint density at radius 1 is 1.05 bits per heavy atom. The van der Waals surface area contributed by atoms with Gasteiger partial charge in [0.25, 0.3) is 11.7 Å². The molecule has 0 aromatic heterocycles. The van der Waals surface area contributed by atoms with Gasteiger partial charge in [0.2, 0.25) is 0 Å². The molecule has 0 radical (unpaired) electrons. The van der Waals surface area contributed by atoms with Gasteiger partial charge in [-0.25, -0.2) is 0 Å². The Bertz CT molecular complexity index is 1330. The van der Waals surface area contributed by atoms with Gasteiger partial charge in [0.1, 0.15) is 23.4 Å². The number of rotatable bonds is 8. The molecule has 1 fully saturated rings. The van der Waals surface area contributed by atoms with Crippen molar-refractivity contribution >= 4 is 17.4 Å². The minimum absolute atomic E-state index is 0.0573. The Balaban J connectivity index is 1.56. The zero-order chi connectivity index (χ0) is 25.9. The number of unbranched alkanes of at least 4 members (excludes halogenated alkanes) is 1. The van der Waals surface area contributed by atoms with Crippen molar-refractivity contribution in [2.75, 3.05) is 6.61 Å². The van der Waals surface area contributed by atoms with Crippen molar-refractivity contribution in [1.29, 1.82) is 0 Å². The number of nitrogens with zero attached hydrogens (tertiary/aromatic N) is 1. The Morgan fingerprint density at radius 3 is 2.54 bits per heavy atom. The third kappa shape index (κ3) is 4.96. The Morgan fingerprint density at radius 2 is 1.81 bits per heavy atom. The monoisotopic (exact) mass is 497 g/mol. The maximum atomic E-state index is 13.4. The van der Waals surface area contributed by atoms with Crippen LogP contribution < -0.4 is 9.47 Å². The van der Waals surface area contributed by atoms with Crippen LogP contribution in [0.3, 0.4) is 0 Å². The van der Waals surface area contributed by atoms with Crippen LogP contribution in [0, 0.1) is 0 Å². The lowest BCUT2D eigenvalue weighted by Crippen LogP contribution is -2.29. The average Bonchev–Trinajstić information content (AvgIpc) is 3.40. The van der Waals surface area contributed by atoms with Crippen LogP contribution in [-0.2, 0) is 22.6 Å². The van der Waals surface area contributed by atoms with E-state index in [2.05, 4.69) is 6.92 Å². The van der Waals surface area contributed by atoms with Gasteiger partial charge in [-0.15, -0.1) is 0 Å². The van der Waals surface area contributed by atoms with Gasteiger partial charge in [-0.1, -0.05) is 55.8 Å². The summed E-state index contributed by atoms with van der Waals surface area (Å²) < 4.78 is 11.6. The Hall–Kier alpha value is -4.06. The summed E-state index contributed by atoms with van der Waals surface area (Å²) in [4.78, 5) is 28.2. The highest BCUT2D eigenvalue weighted by Gasteiger charge is 2.46. The molecule has 2 aliphatic rings. The molecule has 3 aromatic rings. The largest absolute Gasteiger partial charge is 0.507 e. The first-order chi connectivity index (χ1) is 18.0. The van der Waals surface area contributed by atoms with Crippen LogP contribution in [0.4, 0.5) is 0 Å². The third-order valence-electron chi connectivity index (χ3n) is 6.87. The molecule has 0 spiro atoms. The van der Waals surface area contributed by atoms with E-state index in [0.29, 0.717) is 12.2 Å². The molecular formula is C31H31NO5. The number of aliphatic hydroxyl groups is 1. The number of hydrogen-bond acceptors (Lipinski definition) is 5. The van der Waals surface area contributed by atoms with Crippen LogP contribution in [0.1, 0.15) is 55.0 Å². The highest BCUT2D eigenvalue weighted by atomic mass is 16.5. The number of likely N-dealkylation sites (tertiary alicyclic amines) is 1. The summed E-state index contributed by atoms with van der Waals surface area (Å²) in [7, 11) is 0. The van der Waals surface area contributed by atoms with Gasteiger partial charge in [0, 0.05) is 18.5 Å². The van der Waals surface area contributed by atoms with E-state index < -0.39 is 17.7 Å². The molecule has 37 heavy (non-hydrogen) atoms. The fraction of sp³-hybridized carbons (Fsp3) is 0.290. The molecule has 1 saturated heterocycles. The predicted molar refractivity (Wildman–Crippen MR) is 141 cm³/mol. The molecule has 2 atom stereocenters. The van der Waals surface area contributed by atoms with Crippen molar-refractivity contribution in [3.63, 3.8) is 0 Å². The van der Waals surface area contributed by atoms with Gasteiger partial charge >= 0.3 is 0 Å². The number of fused-ring (bicyclic) bond motifs is 1. The molecule has 2 heterocycles. The number of aliphatic hydroxyl groups excluding tert-OH is 1. The van der Waals surface area contributed by atoms with Gasteiger partial charge < -0.3 is 19.5 Å². The van der Waals surface area contributed by atoms with E-state index >= 15 is 0 Å². The lowest BCUT2D eigenvalue weighted by atomic mass is 9.94. The van der Waals surface area contributed by atoms with E-state index in [4.69, 9.17) is 9.47 Å². The lowest BCUT2D eigenvalue weighted by Gasteiger charge is -2.25. The van der Waals surface area contributed by atoms with Crippen LogP contribution in [0.5, 0.6) is 11.5 Å². The second kappa shape index (κ2) is 10.5. The number of ether oxygens (including phenoxy) is 2. The molecule has 0 unspecified atom stereocenters. The SMILES string of the molecule is CCCCOc1ccc([C@H]2C(=C(O)c3ccc4c(c3)C[C@H](C)O4)C(=O)C(=O)N2Cc2ccccc2)cc1. The number of hydrogen-bond donors (Lipinski definition) is 1. The topological polar surface area (TPSA) is 76.1 Å². The first-order valence-electron chi connectivity index (χ1n) is 12.8. The number of ketones is 1. The number of benzene rings is 3. The van der Waals surface area contributed by atoms with Crippen LogP contribution in [0.2, 0.25) is 0 Å². The Kier molecular flexibility index (Phi) is 6.99. The van der Waals surface area contributed by atoms with Gasteiger partial charge in [0.15, 0.2) is 0 Å². The zero-order valence-corrected chi connectivity index (χ0v) is 21.1. The van der Waals surface area contributed by atoms with Gasteiger partial charge in [-0.05, 0) is 60.4 Å². The second-order valence-corrected chi connectivity index (χ2v) is 9.64. The van der Waals surface area contributed by atoms with E-state index in [0.717, 1.165) is 47.5 Å². The predicted octanol–water partition coefficient (Wildman–Crippen LogP) is 5.81. The van der Waals surface area contributed by atoms with Crippen molar-refractivity contribution in [2.45, 2.75) is 51.8 Å². The molecular weight excluding hydrogens is 466 g/mol. The van der Waals surface area contributed by atoms with Gasteiger partial charge in [0.05, 0.1) is 18.2 Å². The van der Waals surface area contributed by atoms with E-state index in [-0.39, 0.29) is 24.0 Å². The molecule has 2 aliphatic heterocycles. The van der Waals surface area contributed by atoms with Crippen LogP contribution in [0.15, 0.2) is 78.4 Å². The lowest BCUT2D eigenvalue weighted by molar-refractivity contribution is -0.140. The van der Waals surface area contributed by atoms with Crippen molar-refractivity contribution in [2.24, 2.45) is 0 Å². The van der Waals surface area contributed by atoms with Crippen molar-refractivity contribution in [1.82, 2.24) is 4.90 Å². The van der Waals surface area contributed by atoms with E-state index in [1.54, 1.807) is 6.07 Å². The second-order valence-electron chi connectivity index (χ2n) is 9.64. The maximum absolute atomic E-state index is 13.4. The van der Waals surface area contributed by atoms with Crippen molar-refractivity contribution in [3.05, 3.63) is 101 Å². The molecule has 1 amide bonds. The molecule has 6 nitrogen and oxygen atoms in total. The van der Waals surface area contributed by atoms with Gasteiger partial charge in [-0.3, -0.25) is 9.59 Å². The third-order valence-corrected chi connectivity index (χ3v) is 6.87. The molecule has 6 heteroatoms. The molecule has 0 saturated carbocycles. The number of amides is 1. The summed E-state index contributed by atoms with van der Waals surface area (Å²) in [5.74, 6) is 0.0156. The number of carbonyl (C=O) groups excluding carboxylic acids is 2. The Labute approximate surface area is 217 Å². The fourth-order valence-corrected chi connectivity index (χ4v) is 4.98. The molecule has 0 aliphatic carbocycles. The minimum atomic E-state index is -0.728. The first kappa shape index (κ1) is 24.6. The summed E-state index contributed by atoms with van der Waals surface area (Å²) in [5.41, 5.74) is 3.20. The fourth-order valence-electron chi connectivity index (χ4n) is 4.98. The normalized spacial score (nSPS) is 20.1. The van der Waals surface area contributed by atoms with Crippen LogP contribution >= 0.6 is 0 Å². The molecule has 190 valence electrons. The standard InChI is InChI=1S/C31H31NO5/c1-3-4-16-36-25-13-10-22(11-14-25)28-27(29(33)23-12-15-26-24(18-23)17-20(2)37-26)30(34)31(35)32(28)19-21-8-6-5-7-9-21/h5-15,18,20,28,33H,3-4,16-17,19H2,1-2H3/t20-,28-/m0/s1. The van der Waals surface area contributed by atoms with Gasteiger partial charge in [-0.2, -0.15) is 0 Å². The van der Waals surface area contributed by atoms with Crippen LogP contribution in [0.25, 0.3) is 5.76 Å². The van der Waals surface area contributed by atoms with Crippen LogP contribution in [-0.4, -0.2) is 34.4 Å². The van der Waals surface area contributed by atoms with E-state index in [9.17, 15) is 14.7 Å². The summed E-state index contributed by atoms with van der Waals surface area (Å²) in [5, 5.41) is 11.4. The highest BCUT2D eigenvalue weighted by molar-refractivity contribution is 6.46. The molecule has 5 rings (SSSR count). The van der Waals surface area contributed by atoms with E-state index in [1.165, 1.54) is 4.90 Å². The van der Waals surface area contributed by atoms with Crippen molar-refractivity contribution in [3.8, 4) is 11.5 Å². The number of Topliss-reactive ketones (excluding diaryl/α,β-unsaturated/α-hetero) is 1. The first-order valence-corrected chi connectivity index (χ1v) is 12.8. The smallest absolute Gasteiger partial charge is 0.295 e. The summed E-state index contributed by atoms with van der Waals surface area (Å²) in [6, 6.07) is 21.6. The average molecular weight is 498 g/mol. The summed E-state index contributed by atoms with van der Waals surface area (Å²) in [6.45, 7) is 4.97. The zero-order valence-electron chi connectivity index (χ0n) is 21.1. The molecule has 1 N–H and O–H groups in total. The highest BCUT2D eigenvalue weighted by Crippen LogP contribution is 2.41. The quantitative estimate of drug-likeness (QED) is 0.184. The van der Waals surface area contributed by atoms with Crippen molar-refractivity contribution < 1.29 is 24.2 Å². The summed E-state index contributed by atoms with van der Waals surface area (Å²) in [6.07, 6.45) is 2.78. The molecule has 0 bridgehead atoms.